The molecule has 5 aliphatic rings. The molecular formula is C24H28N2O4. The first-order valence-electron chi connectivity index (χ1n) is 11.1. The molecule has 6 unspecified atom stereocenters. The van der Waals surface area contributed by atoms with Gasteiger partial charge in [0.25, 0.3) is 0 Å². The fourth-order valence-corrected chi connectivity index (χ4v) is 5.93. The fraction of sp³-hybridized carbons (Fsp3) is 0.542. The molecule has 1 aromatic rings. The summed E-state index contributed by atoms with van der Waals surface area (Å²) in [7, 11) is 1.58. The lowest BCUT2D eigenvalue weighted by Crippen LogP contribution is -2.40. The van der Waals surface area contributed by atoms with E-state index in [0.717, 1.165) is 19.3 Å². The zero-order chi connectivity index (χ0) is 20.8. The van der Waals surface area contributed by atoms with Crippen molar-refractivity contribution in [3.8, 4) is 5.75 Å². The average Bonchev–Trinajstić information content (AvgIpc) is 3.54. The lowest BCUT2D eigenvalue weighted by Gasteiger charge is -2.37. The summed E-state index contributed by atoms with van der Waals surface area (Å²) in [6.07, 6.45) is 8.27. The predicted octanol–water partition coefficient (Wildman–Crippen LogP) is 3.25. The van der Waals surface area contributed by atoms with Gasteiger partial charge in [0.05, 0.1) is 24.6 Å². The number of hydrogen-bond acceptors (Lipinski definition) is 4. The van der Waals surface area contributed by atoms with Gasteiger partial charge in [-0.2, -0.15) is 0 Å². The first-order valence-corrected chi connectivity index (χ1v) is 11.1. The largest absolute Gasteiger partial charge is 0.495 e. The molecule has 1 N–H and O–H groups in total. The number of methoxy groups -OCH3 is 1. The standard InChI is InChI=1S/C24H28N2O4/c1-30-19-8-5-4-7-18(19)25-20(27)9-3-2-6-12-26-23(28)21-14-10-11-15(17-13-16(14)17)22(21)24(26)29/h4-5,7-8,10-11,14-17,21-22H,2-3,6,9,12-13H2,1H3,(H,25,27). The molecule has 6 atom stereocenters. The lowest BCUT2D eigenvalue weighted by molar-refractivity contribution is -0.140. The topological polar surface area (TPSA) is 75.7 Å². The number of rotatable bonds is 8. The number of hydrogen-bond donors (Lipinski definition) is 1. The highest BCUT2D eigenvalue weighted by atomic mass is 16.5. The van der Waals surface area contributed by atoms with Crippen LogP contribution in [-0.4, -0.2) is 36.3 Å². The molecule has 1 heterocycles. The Morgan fingerprint density at radius 2 is 1.70 bits per heavy atom. The van der Waals surface area contributed by atoms with E-state index in [1.165, 1.54) is 11.3 Å². The number of anilines is 1. The molecule has 2 saturated carbocycles. The molecule has 1 saturated heterocycles. The SMILES string of the molecule is COc1ccccc1NC(=O)CCCCCN1C(=O)C2C3C=CC(C4CC34)C2C1=O. The lowest BCUT2D eigenvalue weighted by atomic mass is 9.63. The molecule has 4 aliphatic carbocycles. The minimum absolute atomic E-state index is 0.0450. The Balaban J connectivity index is 1.08. The number of ether oxygens (including phenoxy) is 1. The van der Waals surface area contributed by atoms with Crippen molar-refractivity contribution in [1.29, 1.82) is 0 Å². The van der Waals surface area contributed by atoms with E-state index >= 15 is 0 Å². The molecule has 30 heavy (non-hydrogen) atoms. The number of imide groups is 1. The van der Waals surface area contributed by atoms with Crippen molar-refractivity contribution in [2.45, 2.75) is 32.1 Å². The summed E-state index contributed by atoms with van der Waals surface area (Å²) in [6, 6.07) is 7.33. The minimum Gasteiger partial charge on any atom is -0.495 e. The van der Waals surface area contributed by atoms with Crippen LogP contribution in [0.3, 0.4) is 0 Å². The van der Waals surface area contributed by atoms with Gasteiger partial charge in [-0.1, -0.05) is 30.7 Å². The van der Waals surface area contributed by atoms with E-state index in [-0.39, 0.29) is 41.4 Å². The Bertz CT molecular complexity index is 874. The van der Waals surface area contributed by atoms with Crippen molar-refractivity contribution in [1.82, 2.24) is 4.90 Å². The van der Waals surface area contributed by atoms with Gasteiger partial charge in [-0.25, -0.2) is 0 Å². The van der Waals surface area contributed by atoms with Crippen molar-refractivity contribution in [3.05, 3.63) is 36.4 Å². The van der Waals surface area contributed by atoms with Gasteiger partial charge in [0.15, 0.2) is 0 Å². The number of allylic oxidation sites excluding steroid dienone is 2. The summed E-state index contributed by atoms with van der Waals surface area (Å²) in [6.45, 7) is 0.480. The summed E-state index contributed by atoms with van der Waals surface area (Å²) >= 11 is 0. The maximum Gasteiger partial charge on any atom is 0.233 e. The first-order chi connectivity index (χ1) is 14.6. The van der Waals surface area contributed by atoms with E-state index in [1.807, 2.05) is 24.3 Å². The third-order valence-electron chi connectivity index (χ3n) is 7.42. The number of carbonyl (C=O) groups is 3. The van der Waals surface area contributed by atoms with Crippen LogP contribution in [0.5, 0.6) is 5.75 Å². The summed E-state index contributed by atoms with van der Waals surface area (Å²) in [5.41, 5.74) is 0.669. The first kappa shape index (κ1) is 19.3. The van der Waals surface area contributed by atoms with Gasteiger partial charge in [-0.05, 0) is 55.1 Å². The van der Waals surface area contributed by atoms with Gasteiger partial charge in [0.2, 0.25) is 17.7 Å². The van der Waals surface area contributed by atoms with Crippen molar-refractivity contribution in [2.24, 2.45) is 35.5 Å². The van der Waals surface area contributed by atoms with E-state index in [4.69, 9.17) is 4.74 Å². The number of unbranched alkanes of at least 4 members (excludes halogenated alkanes) is 2. The third kappa shape index (κ3) is 3.13. The average molecular weight is 408 g/mol. The van der Waals surface area contributed by atoms with Crippen molar-refractivity contribution in [3.63, 3.8) is 0 Å². The molecule has 158 valence electrons. The fourth-order valence-electron chi connectivity index (χ4n) is 5.93. The normalized spacial score (nSPS) is 32.8. The Morgan fingerprint density at radius 3 is 2.37 bits per heavy atom. The second-order valence-corrected chi connectivity index (χ2v) is 9.04. The summed E-state index contributed by atoms with van der Waals surface area (Å²) in [5, 5.41) is 2.88. The van der Waals surface area contributed by atoms with Gasteiger partial charge >= 0.3 is 0 Å². The molecule has 6 heteroatoms. The van der Waals surface area contributed by atoms with Gasteiger partial charge in [-0.15, -0.1) is 0 Å². The van der Waals surface area contributed by atoms with Crippen LogP contribution in [0.15, 0.2) is 36.4 Å². The predicted molar refractivity (Wildman–Crippen MR) is 112 cm³/mol. The molecule has 6 nitrogen and oxygen atoms in total. The quantitative estimate of drug-likeness (QED) is 0.407. The van der Waals surface area contributed by atoms with Crippen LogP contribution in [0.4, 0.5) is 5.69 Å². The van der Waals surface area contributed by atoms with Crippen LogP contribution in [-0.2, 0) is 14.4 Å². The molecule has 2 bridgehead atoms. The maximum atomic E-state index is 12.9. The Morgan fingerprint density at radius 1 is 1.03 bits per heavy atom. The van der Waals surface area contributed by atoms with Crippen molar-refractivity contribution < 1.29 is 19.1 Å². The minimum atomic E-state index is -0.108. The molecule has 0 radical (unpaired) electrons. The summed E-state index contributed by atoms with van der Waals surface area (Å²) in [5.74, 6) is 2.30. The Kier molecular flexibility index (Phi) is 4.88. The van der Waals surface area contributed by atoms with Crippen LogP contribution in [0.1, 0.15) is 32.1 Å². The second kappa shape index (κ2) is 7.56. The van der Waals surface area contributed by atoms with Gasteiger partial charge in [0, 0.05) is 13.0 Å². The van der Waals surface area contributed by atoms with Crippen LogP contribution in [0, 0.1) is 35.5 Å². The number of nitrogens with zero attached hydrogens (tertiary/aromatic N) is 1. The van der Waals surface area contributed by atoms with Crippen LogP contribution < -0.4 is 10.1 Å². The van der Waals surface area contributed by atoms with E-state index in [9.17, 15) is 14.4 Å². The van der Waals surface area contributed by atoms with Gasteiger partial charge in [-0.3, -0.25) is 19.3 Å². The highest BCUT2D eigenvalue weighted by Gasteiger charge is 2.66. The Labute approximate surface area is 176 Å². The maximum absolute atomic E-state index is 12.9. The molecule has 3 fully saturated rings. The van der Waals surface area contributed by atoms with E-state index in [1.54, 1.807) is 7.11 Å². The smallest absolute Gasteiger partial charge is 0.233 e. The van der Waals surface area contributed by atoms with E-state index in [2.05, 4.69) is 17.5 Å². The number of amides is 3. The number of nitrogens with one attached hydrogen (secondary N) is 1. The molecule has 3 amide bonds. The number of likely N-dealkylation sites (tertiary alicyclic amines) is 1. The zero-order valence-electron chi connectivity index (χ0n) is 17.3. The van der Waals surface area contributed by atoms with Crippen LogP contribution in [0.25, 0.3) is 0 Å². The zero-order valence-corrected chi connectivity index (χ0v) is 17.3. The molecular weight excluding hydrogens is 380 g/mol. The van der Waals surface area contributed by atoms with Crippen LogP contribution >= 0.6 is 0 Å². The summed E-state index contributed by atoms with van der Waals surface area (Å²) < 4.78 is 5.25. The highest BCUT2D eigenvalue weighted by Crippen LogP contribution is 2.65. The number of carbonyl (C=O) groups excluding carboxylic acids is 3. The van der Waals surface area contributed by atoms with E-state index < -0.39 is 0 Å². The third-order valence-corrected chi connectivity index (χ3v) is 7.42. The molecule has 0 spiro atoms. The summed E-state index contributed by atoms with van der Waals surface area (Å²) in [4.78, 5) is 39.6. The van der Waals surface area contributed by atoms with Crippen LogP contribution in [0.2, 0.25) is 0 Å². The molecule has 6 rings (SSSR count). The molecule has 1 aliphatic heterocycles. The monoisotopic (exact) mass is 408 g/mol. The second-order valence-electron chi connectivity index (χ2n) is 9.04. The Hall–Kier alpha value is -2.63. The molecule has 0 aromatic heterocycles. The highest BCUT2D eigenvalue weighted by molar-refractivity contribution is 6.06. The number of benzene rings is 1. The number of para-hydroxylation sites is 2. The van der Waals surface area contributed by atoms with Crippen molar-refractivity contribution >= 4 is 23.4 Å². The van der Waals surface area contributed by atoms with Crippen molar-refractivity contribution in [2.75, 3.05) is 19.0 Å². The van der Waals surface area contributed by atoms with E-state index in [0.29, 0.717) is 36.2 Å². The molecule has 1 aromatic carbocycles. The van der Waals surface area contributed by atoms with Gasteiger partial charge < -0.3 is 10.1 Å². The van der Waals surface area contributed by atoms with Gasteiger partial charge in [0.1, 0.15) is 5.75 Å².